The summed E-state index contributed by atoms with van der Waals surface area (Å²) in [5.74, 6) is -0.192. The Morgan fingerprint density at radius 3 is 2.90 bits per heavy atom. The van der Waals surface area contributed by atoms with Crippen molar-refractivity contribution in [3.8, 4) is 17.0 Å². The van der Waals surface area contributed by atoms with E-state index in [4.69, 9.17) is 4.74 Å². The van der Waals surface area contributed by atoms with Gasteiger partial charge in [-0.1, -0.05) is 0 Å². The van der Waals surface area contributed by atoms with Gasteiger partial charge in [0, 0.05) is 35.9 Å². The molecule has 0 aliphatic heterocycles. The van der Waals surface area contributed by atoms with Crippen LogP contribution in [0.15, 0.2) is 36.0 Å². The number of nitrogens with one attached hydrogen (secondary N) is 1. The first-order valence-corrected chi connectivity index (χ1v) is 7.09. The van der Waals surface area contributed by atoms with Crippen molar-refractivity contribution in [2.45, 2.75) is 0 Å². The number of benzene rings is 1. The molecule has 3 aromatic rings. The molecule has 0 aliphatic carbocycles. The Labute approximate surface area is 125 Å². The van der Waals surface area contributed by atoms with Crippen LogP contribution in [-0.2, 0) is 7.05 Å². The summed E-state index contributed by atoms with van der Waals surface area (Å²) in [6, 6.07) is 4.70. The minimum atomic E-state index is -0.411. The molecule has 108 valence electrons. The molecule has 3 rings (SSSR count). The van der Waals surface area contributed by atoms with Gasteiger partial charge in [0.05, 0.1) is 19.0 Å². The van der Waals surface area contributed by atoms with Gasteiger partial charge in [-0.25, -0.2) is 9.37 Å². The van der Waals surface area contributed by atoms with Crippen molar-refractivity contribution in [1.29, 1.82) is 0 Å². The molecule has 0 spiro atoms. The number of aromatic nitrogens is 3. The summed E-state index contributed by atoms with van der Waals surface area (Å²) in [6.07, 6.45) is 3.65. The van der Waals surface area contributed by atoms with Crippen LogP contribution in [0.1, 0.15) is 0 Å². The van der Waals surface area contributed by atoms with Crippen molar-refractivity contribution in [2.75, 3.05) is 12.4 Å². The van der Waals surface area contributed by atoms with Crippen molar-refractivity contribution >= 4 is 22.2 Å². The minimum Gasteiger partial charge on any atom is -0.494 e. The second kappa shape index (κ2) is 5.53. The molecular weight excluding hydrogens is 291 g/mol. The largest absolute Gasteiger partial charge is 0.494 e. The predicted molar refractivity (Wildman–Crippen MR) is 80.6 cm³/mol. The number of thiazole rings is 1. The normalized spacial score (nSPS) is 10.6. The van der Waals surface area contributed by atoms with Crippen LogP contribution in [0.2, 0.25) is 0 Å². The van der Waals surface area contributed by atoms with Gasteiger partial charge in [-0.3, -0.25) is 4.68 Å². The third-order valence-electron chi connectivity index (χ3n) is 2.91. The Kier molecular flexibility index (Phi) is 3.57. The number of methoxy groups -OCH3 is 1. The summed E-state index contributed by atoms with van der Waals surface area (Å²) in [5, 5.41) is 9.81. The highest BCUT2D eigenvalue weighted by Gasteiger charge is 2.08. The first kappa shape index (κ1) is 13.6. The van der Waals surface area contributed by atoms with Crippen LogP contribution in [0.4, 0.5) is 15.2 Å². The molecule has 0 saturated carbocycles. The Morgan fingerprint density at radius 2 is 2.24 bits per heavy atom. The van der Waals surface area contributed by atoms with Gasteiger partial charge >= 0.3 is 0 Å². The lowest BCUT2D eigenvalue weighted by Gasteiger charge is -2.05. The maximum atomic E-state index is 13.6. The minimum absolute atomic E-state index is 0.218. The van der Waals surface area contributed by atoms with E-state index in [2.05, 4.69) is 15.4 Å². The molecule has 21 heavy (non-hydrogen) atoms. The molecule has 0 amide bonds. The molecule has 0 fully saturated rings. The molecule has 0 atom stereocenters. The lowest BCUT2D eigenvalue weighted by molar-refractivity contribution is 0.386. The topological polar surface area (TPSA) is 52.0 Å². The third-order valence-corrected chi connectivity index (χ3v) is 3.67. The van der Waals surface area contributed by atoms with Gasteiger partial charge in [0.2, 0.25) is 0 Å². The van der Waals surface area contributed by atoms with Crippen LogP contribution < -0.4 is 10.1 Å². The zero-order valence-electron chi connectivity index (χ0n) is 11.5. The van der Waals surface area contributed by atoms with E-state index in [1.807, 2.05) is 18.6 Å². The van der Waals surface area contributed by atoms with Gasteiger partial charge in [-0.05, 0) is 12.1 Å². The van der Waals surface area contributed by atoms with E-state index >= 15 is 0 Å². The molecule has 1 aromatic carbocycles. The molecule has 0 aliphatic rings. The average Bonchev–Trinajstić information content (AvgIpc) is 3.08. The van der Waals surface area contributed by atoms with Gasteiger partial charge in [0.25, 0.3) is 0 Å². The smallest absolute Gasteiger partial charge is 0.187 e. The Hall–Kier alpha value is -2.41. The highest BCUT2D eigenvalue weighted by Crippen LogP contribution is 2.28. The highest BCUT2D eigenvalue weighted by atomic mass is 32.1. The quantitative estimate of drug-likeness (QED) is 0.802. The molecule has 2 aromatic heterocycles. The average molecular weight is 304 g/mol. The fraction of sp³-hybridized carbons (Fsp3) is 0.143. The van der Waals surface area contributed by atoms with Crippen molar-refractivity contribution in [1.82, 2.24) is 14.8 Å². The second-order valence-corrected chi connectivity index (χ2v) is 5.27. The summed E-state index contributed by atoms with van der Waals surface area (Å²) in [6.45, 7) is 0. The van der Waals surface area contributed by atoms with Gasteiger partial charge < -0.3 is 10.1 Å². The summed E-state index contributed by atoms with van der Waals surface area (Å²) in [4.78, 5) is 4.46. The van der Waals surface area contributed by atoms with E-state index in [0.717, 1.165) is 11.3 Å². The highest BCUT2D eigenvalue weighted by molar-refractivity contribution is 7.14. The zero-order valence-corrected chi connectivity index (χ0v) is 12.3. The van der Waals surface area contributed by atoms with Crippen LogP contribution in [-0.4, -0.2) is 21.9 Å². The Bertz CT molecular complexity index is 768. The number of anilines is 2. The van der Waals surface area contributed by atoms with Crippen LogP contribution in [0.3, 0.4) is 0 Å². The number of hydrogen-bond donors (Lipinski definition) is 1. The molecule has 5 nitrogen and oxygen atoms in total. The van der Waals surface area contributed by atoms with Crippen molar-refractivity contribution < 1.29 is 9.13 Å². The summed E-state index contributed by atoms with van der Waals surface area (Å²) in [5.41, 5.74) is 2.41. The SMILES string of the molecule is COc1ccc(Nc2nc(-c3cnn(C)c3)cs2)cc1F. The fourth-order valence-corrected chi connectivity index (χ4v) is 2.62. The standard InChI is InChI=1S/C14H13FN4OS/c1-19-7-9(6-16-19)12-8-21-14(18-12)17-10-3-4-13(20-2)11(15)5-10/h3-8H,1-2H3,(H,17,18). The maximum Gasteiger partial charge on any atom is 0.187 e. The van der Waals surface area contributed by atoms with E-state index in [1.165, 1.54) is 24.5 Å². The van der Waals surface area contributed by atoms with Crippen LogP contribution in [0, 0.1) is 5.82 Å². The summed E-state index contributed by atoms with van der Waals surface area (Å²) >= 11 is 1.45. The van der Waals surface area contributed by atoms with Crippen molar-refractivity contribution in [2.24, 2.45) is 7.05 Å². The molecule has 0 saturated heterocycles. The van der Waals surface area contributed by atoms with Crippen LogP contribution >= 0.6 is 11.3 Å². The maximum absolute atomic E-state index is 13.6. The summed E-state index contributed by atoms with van der Waals surface area (Å²) < 4.78 is 20.2. The Balaban J connectivity index is 1.79. The lowest BCUT2D eigenvalue weighted by atomic mass is 10.3. The van der Waals surface area contributed by atoms with Gasteiger partial charge in [0.15, 0.2) is 16.7 Å². The van der Waals surface area contributed by atoms with E-state index in [1.54, 1.807) is 23.0 Å². The fourth-order valence-electron chi connectivity index (χ4n) is 1.88. The number of halogens is 1. The first-order valence-electron chi connectivity index (χ1n) is 6.21. The first-order chi connectivity index (χ1) is 10.2. The third kappa shape index (κ3) is 2.87. The number of hydrogen-bond acceptors (Lipinski definition) is 5. The molecule has 0 unspecified atom stereocenters. The second-order valence-electron chi connectivity index (χ2n) is 4.41. The van der Waals surface area contributed by atoms with E-state index in [-0.39, 0.29) is 5.75 Å². The monoisotopic (exact) mass is 304 g/mol. The molecule has 7 heteroatoms. The van der Waals surface area contributed by atoms with Gasteiger partial charge in [-0.2, -0.15) is 5.10 Å². The number of nitrogens with zero attached hydrogens (tertiary/aromatic N) is 3. The van der Waals surface area contributed by atoms with E-state index < -0.39 is 5.82 Å². The summed E-state index contributed by atoms with van der Waals surface area (Å²) in [7, 11) is 3.29. The molecule has 1 N–H and O–H groups in total. The Morgan fingerprint density at radius 1 is 1.38 bits per heavy atom. The number of ether oxygens (including phenoxy) is 1. The van der Waals surface area contributed by atoms with E-state index in [0.29, 0.717) is 10.8 Å². The van der Waals surface area contributed by atoms with Gasteiger partial charge in [0.1, 0.15) is 0 Å². The molecular formula is C14H13FN4OS. The predicted octanol–water partition coefficient (Wildman–Crippen LogP) is 3.43. The molecule has 0 bridgehead atoms. The molecule has 0 radical (unpaired) electrons. The van der Waals surface area contributed by atoms with Crippen LogP contribution in [0.25, 0.3) is 11.3 Å². The van der Waals surface area contributed by atoms with E-state index in [9.17, 15) is 4.39 Å². The lowest BCUT2D eigenvalue weighted by Crippen LogP contribution is -1.93. The number of rotatable bonds is 4. The van der Waals surface area contributed by atoms with Crippen LogP contribution in [0.5, 0.6) is 5.75 Å². The van der Waals surface area contributed by atoms with Gasteiger partial charge in [-0.15, -0.1) is 11.3 Å². The van der Waals surface area contributed by atoms with Crippen molar-refractivity contribution in [3.05, 3.63) is 41.8 Å². The molecule has 2 heterocycles. The number of aryl methyl sites for hydroxylation is 1. The van der Waals surface area contributed by atoms with Crippen molar-refractivity contribution in [3.63, 3.8) is 0 Å². The zero-order chi connectivity index (χ0) is 14.8.